The molecule has 1 aliphatic rings. The molecule has 0 radical (unpaired) electrons. The first-order chi connectivity index (χ1) is 14.4. The van der Waals surface area contributed by atoms with E-state index in [1.165, 1.54) is 42.1 Å². The molecule has 2 aromatic carbocycles. The van der Waals surface area contributed by atoms with Crippen molar-refractivity contribution >= 4 is 17.5 Å². The number of ether oxygens (including phenoxy) is 1. The first-order valence-electron chi connectivity index (χ1n) is 9.55. The molecule has 2 aromatic rings. The Morgan fingerprint density at radius 2 is 1.87 bits per heavy atom. The third-order valence-corrected chi connectivity index (χ3v) is 4.94. The second-order valence-electron chi connectivity index (χ2n) is 6.97. The van der Waals surface area contributed by atoms with Crippen LogP contribution in [0.3, 0.4) is 0 Å². The lowest BCUT2D eigenvalue weighted by atomic mass is 9.98. The minimum atomic E-state index is -0.657. The highest BCUT2D eigenvalue weighted by molar-refractivity contribution is 6.03. The number of amides is 2. The van der Waals surface area contributed by atoms with Crippen molar-refractivity contribution in [2.75, 3.05) is 26.8 Å². The number of rotatable bonds is 7. The lowest BCUT2D eigenvalue weighted by molar-refractivity contribution is -0.141. The number of carbonyl (C=O) groups excluding carboxylic acids is 2. The van der Waals surface area contributed by atoms with Gasteiger partial charge in [-0.25, -0.2) is 13.8 Å². The molecular weight excluding hydrogens is 392 g/mol. The molecule has 0 saturated heterocycles. The molecule has 8 heteroatoms. The summed E-state index contributed by atoms with van der Waals surface area (Å²) in [5.41, 5.74) is 1.52. The van der Waals surface area contributed by atoms with E-state index in [0.29, 0.717) is 16.8 Å². The first kappa shape index (κ1) is 21.6. The normalized spacial score (nSPS) is 15.8. The van der Waals surface area contributed by atoms with E-state index in [0.717, 1.165) is 0 Å². The fourth-order valence-corrected chi connectivity index (χ4v) is 3.33. The summed E-state index contributed by atoms with van der Waals surface area (Å²) in [6, 6.07) is 11.3. The van der Waals surface area contributed by atoms with Crippen molar-refractivity contribution in [3.63, 3.8) is 0 Å². The van der Waals surface area contributed by atoms with Crippen LogP contribution >= 0.6 is 0 Å². The van der Waals surface area contributed by atoms with Crippen molar-refractivity contribution < 1.29 is 23.1 Å². The van der Waals surface area contributed by atoms with Crippen molar-refractivity contribution in [2.45, 2.75) is 19.4 Å². The minimum Gasteiger partial charge on any atom is -0.383 e. The predicted molar refractivity (Wildman–Crippen MR) is 108 cm³/mol. The van der Waals surface area contributed by atoms with E-state index in [9.17, 15) is 18.4 Å². The van der Waals surface area contributed by atoms with Crippen molar-refractivity contribution in [1.29, 1.82) is 0 Å². The minimum absolute atomic E-state index is 0.205. The number of hydrogen-bond acceptors (Lipinski definition) is 4. The molecule has 6 nitrogen and oxygen atoms in total. The Morgan fingerprint density at radius 3 is 2.50 bits per heavy atom. The monoisotopic (exact) mass is 415 g/mol. The van der Waals surface area contributed by atoms with Gasteiger partial charge in [0, 0.05) is 32.6 Å². The Hall–Kier alpha value is -3.13. The number of methoxy groups -OCH3 is 1. The van der Waals surface area contributed by atoms with E-state index in [4.69, 9.17) is 4.74 Å². The molecule has 0 bridgehead atoms. The van der Waals surface area contributed by atoms with E-state index in [1.807, 2.05) is 0 Å². The number of benzene rings is 2. The van der Waals surface area contributed by atoms with Gasteiger partial charge in [-0.15, -0.1) is 0 Å². The Morgan fingerprint density at radius 1 is 1.17 bits per heavy atom. The molecule has 0 spiro atoms. The Labute approximate surface area is 173 Å². The molecule has 3 rings (SSSR count). The maximum absolute atomic E-state index is 14.5. The van der Waals surface area contributed by atoms with Crippen molar-refractivity contribution in [1.82, 2.24) is 9.91 Å². The predicted octanol–water partition coefficient (Wildman–Crippen LogP) is 3.14. The Bertz CT molecular complexity index is 947. The molecule has 158 valence electrons. The zero-order valence-electron chi connectivity index (χ0n) is 16.8. The molecule has 0 aliphatic carbocycles. The summed E-state index contributed by atoms with van der Waals surface area (Å²) >= 11 is 0. The van der Waals surface area contributed by atoms with Gasteiger partial charge in [-0.1, -0.05) is 30.3 Å². The van der Waals surface area contributed by atoms with Crippen LogP contribution in [-0.2, 0) is 14.3 Å². The highest BCUT2D eigenvalue weighted by Crippen LogP contribution is 2.34. The topological polar surface area (TPSA) is 62.2 Å². The van der Waals surface area contributed by atoms with Crippen molar-refractivity contribution in [2.24, 2.45) is 5.10 Å². The summed E-state index contributed by atoms with van der Waals surface area (Å²) in [7, 11) is 1.51. The van der Waals surface area contributed by atoms with Gasteiger partial charge in [-0.2, -0.15) is 5.10 Å². The van der Waals surface area contributed by atoms with Crippen LogP contribution in [0.25, 0.3) is 0 Å². The molecule has 30 heavy (non-hydrogen) atoms. The van der Waals surface area contributed by atoms with Gasteiger partial charge in [0.2, 0.25) is 5.91 Å². The lowest BCUT2D eigenvalue weighted by Crippen LogP contribution is -2.41. The second kappa shape index (κ2) is 9.58. The fraction of sp³-hybridized carbons (Fsp3) is 0.318. The van der Waals surface area contributed by atoms with Crippen LogP contribution in [0, 0.1) is 11.6 Å². The highest BCUT2D eigenvalue weighted by Gasteiger charge is 2.35. The van der Waals surface area contributed by atoms with Gasteiger partial charge in [0.05, 0.1) is 18.4 Å². The quantitative estimate of drug-likeness (QED) is 0.698. The largest absolute Gasteiger partial charge is 0.383 e. The lowest BCUT2D eigenvalue weighted by Gasteiger charge is -2.26. The van der Waals surface area contributed by atoms with Gasteiger partial charge in [0.1, 0.15) is 18.2 Å². The third-order valence-electron chi connectivity index (χ3n) is 4.94. The summed E-state index contributed by atoms with van der Waals surface area (Å²) in [6.07, 6.45) is 0.274. The van der Waals surface area contributed by atoms with E-state index in [1.54, 1.807) is 30.3 Å². The summed E-state index contributed by atoms with van der Waals surface area (Å²) < 4.78 is 32.8. The van der Waals surface area contributed by atoms with Gasteiger partial charge in [0.15, 0.2) is 0 Å². The number of hydrogen-bond donors (Lipinski definition) is 0. The van der Waals surface area contributed by atoms with Crippen LogP contribution in [0.1, 0.15) is 30.5 Å². The van der Waals surface area contributed by atoms with E-state index >= 15 is 0 Å². The van der Waals surface area contributed by atoms with Crippen LogP contribution in [0.4, 0.5) is 8.78 Å². The molecular formula is C22H23F2N3O3. The summed E-state index contributed by atoms with van der Waals surface area (Å²) in [6.45, 7) is 1.70. The van der Waals surface area contributed by atoms with Crippen molar-refractivity contribution in [3.05, 3.63) is 71.3 Å². The average molecular weight is 415 g/mol. The maximum atomic E-state index is 14.5. The zero-order valence-corrected chi connectivity index (χ0v) is 16.8. The molecule has 1 aliphatic heterocycles. The second-order valence-corrected chi connectivity index (χ2v) is 6.97. The Kier molecular flexibility index (Phi) is 6.89. The van der Waals surface area contributed by atoms with Gasteiger partial charge in [-0.05, 0) is 23.8 Å². The number of carbonyl (C=O) groups is 2. The maximum Gasteiger partial charge on any atom is 0.262 e. The van der Waals surface area contributed by atoms with E-state index in [-0.39, 0.29) is 37.8 Å². The van der Waals surface area contributed by atoms with Gasteiger partial charge < -0.3 is 9.64 Å². The van der Waals surface area contributed by atoms with Crippen LogP contribution in [0.5, 0.6) is 0 Å². The smallest absolute Gasteiger partial charge is 0.262 e. The van der Waals surface area contributed by atoms with Crippen LogP contribution in [0.15, 0.2) is 53.6 Å². The van der Waals surface area contributed by atoms with Crippen LogP contribution < -0.4 is 0 Å². The fourth-order valence-electron chi connectivity index (χ4n) is 3.33. The molecule has 2 amide bonds. The molecule has 0 fully saturated rings. The zero-order chi connectivity index (χ0) is 21.7. The van der Waals surface area contributed by atoms with Crippen LogP contribution in [0.2, 0.25) is 0 Å². The molecule has 1 heterocycles. The summed E-state index contributed by atoms with van der Waals surface area (Å²) in [5.74, 6) is -1.54. The molecule has 0 unspecified atom stereocenters. The SMILES string of the molecule is COCCN(CC(=O)N1N=C(c2ccc(F)cc2)C[C@@H]1c1ccccc1F)C(C)=O. The summed E-state index contributed by atoms with van der Waals surface area (Å²) in [4.78, 5) is 26.3. The first-order valence-corrected chi connectivity index (χ1v) is 9.55. The molecule has 0 aromatic heterocycles. The highest BCUT2D eigenvalue weighted by atomic mass is 19.1. The van der Waals surface area contributed by atoms with Crippen molar-refractivity contribution in [3.8, 4) is 0 Å². The number of halogens is 2. The standard InChI is InChI=1S/C22H23F2N3O3/c1-15(28)26(11-12-30-2)14-22(29)27-21(18-5-3-4-6-19(18)24)13-20(25-27)16-7-9-17(23)10-8-16/h3-10,21H,11-14H2,1-2H3/t21-/m1/s1. The number of nitrogens with zero attached hydrogens (tertiary/aromatic N) is 3. The Balaban J connectivity index is 1.91. The van der Waals surface area contributed by atoms with Crippen LogP contribution in [-0.4, -0.2) is 54.2 Å². The third kappa shape index (κ3) is 4.88. The summed E-state index contributed by atoms with van der Waals surface area (Å²) in [5, 5.41) is 5.64. The van der Waals surface area contributed by atoms with Gasteiger partial charge >= 0.3 is 0 Å². The molecule has 0 saturated carbocycles. The van der Waals surface area contributed by atoms with E-state index in [2.05, 4.69) is 5.10 Å². The van der Waals surface area contributed by atoms with Gasteiger partial charge in [-0.3, -0.25) is 9.59 Å². The molecule has 1 atom stereocenters. The van der Waals surface area contributed by atoms with E-state index < -0.39 is 17.8 Å². The molecule has 0 N–H and O–H groups in total. The number of hydrazone groups is 1. The van der Waals surface area contributed by atoms with Gasteiger partial charge in [0.25, 0.3) is 5.91 Å². The average Bonchev–Trinajstić information content (AvgIpc) is 3.17.